The minimum atomic E-state index is -0.0556. The van der Waals surface area contributed by atoms with Gasteiger partial charge in [-0.05, 0) is 171 Å². The smallest absolute Gasteiger partial charge is 0.184 e. The van der Waals surface area contributed by atoms with E-state index in [4.69, 9.17) is 75.3 Å². The summed E-state index contributed by atoms with van der Waals surface area (Å²) in [5.74, 6) is 4.16. The first kappa shape index (κ1) is 76.3. The van der Waals surface area contributed by atoms with E-state index in [1.54, 1.807) is 32.2 Å². The van der Waals surface area contributed by atoms with Gasteiger partial charge in [-0.3, -0.25) is 14.6 Å². The third-order valence-electron chi connectivity index (χ3n) is 18.8. The lowest BCUT2D eigenvalue weighted by molar-refractivity contribution is 0.0332. The van der Waals surface area contributed by atoms with Crippen molar-refractivity contribution in [3.63, 3.8) is 0 Å². The van der Waals surface area contributed by atoms with Gasteiger partial charge in [-0.2, -0.15) is 0 Å². The molecule has 5 aromatic carbocycles. The quantitative estimate of drug-likeness (QED) is 0.0500. The van der Waals surface area contributed by atoms with Crippen LogP contribution in [0.5, 0.6) is 23.0 Å². The lowest BCUT2D eigenvalue weighted by Gasteiger charge is -2.34. The van der Waals surface area contributed by atoms with E-state index >= 15 is 0 Å². The van der Waals surface area contributed by atoms with Crippen LogP contribution in [0.3, 0.4) is 0 Å². The Kier molecular flexibility index (Phi) is 31.0. The van der Waals surface area contributed by atoms with Crippen LogP contribution in [0.4, 0.5) is 0 Å². The van der Waals surface area contributed by atoms with E-state index in [0.29, 0.717) is 24.9 Å². The van der Waals surface area contributed by atoms with Crippen molar-refractivity contribution in [2.75, 3.05) is 93.4 Å². The molecule has 19 N–H and O–H groups in total. The number of nitrogens with two attached hydrogens (primary N) is 9. The molecule has 9 aliphatic rings. The average molecular weight is 1340 g/mol. The number of rotatable bonds is 19. The first-order chi connectivity index (χ1) is 46.8. The zero-order valence-corrected chi connectivity index (χ0v) is 58.5. The van der Waals surface area contributed by atoms with E-state index in [9.17, 15) is 4.79 Å². The van der Waals surface area contributed by atoms with Gasteiger partial charge in [0.15, 0.2) is 17.3 Å². The summed E-state index contributed by atoms with van der Waals surface area (Å²) in [5.41, 5.74) is 63.5. The number of benzene rings is 5. The summed E-state index contributed by atoms with van der Waals surface area (Å²) < 4.78 is 28.7. The molecule has 4 bridgehead atoms. The van der Waals surface area contributed by atoms with Crippen LogP contribution in [-0.2, 0) is 63.0 Å². The fourth-order valence-electron chi connectivity index (χ4n) is 14.0. The van der Waals surface area contributed by atoms with Crippen molar-refractivity contribution in [1.82, 2.24) is 35.0 Å². The Balaban J connectivity index is 0.000000164. The molecule has 97 heavy (non-hydrogen) atoms. The van der Waals surface area contributed by atoms with Gasteiger partial charge in [0.25, 0.3) is 0 Å². The van der Waals surface area contributed by atoms with Gasteiger partial charge in [0.05, 0.1) is 46.8 Å². The molecule has 22 heteroatoms. The highest BCUT2D eigenvalue weighted by molar-refractivity contribution is 5.97. The zero-order valence-electron chi connectivity index (χ0n) is 58.5. The fourth-order valence-corrected chi connectivity index (χ4v) is 14.0. The number of nitrogens with zero attached hydrogens (tertiary/aromatic N) is 6. The van der Waals surface area contributed by atoms with Crippen LogP contribution in [0.25, 0.3) is 0 Å². The minimum absolute atomic E-state index is 0.0413. The summed E-state index contributed by atoms with van der Waals surface area (Å²) in [7, 11) is 5.00. The molecule has 11 atom stereocenters. The molecule has 6 aromatic rings. The van der Waals surface area contributed by atoms with Crippen molar-refractivity contribution in [2.24, 2.45) is 57.5 Å². The van der Waals surface area contributed by atoms with Crippen molar-refractivity contribution in [1.29, 1.82) is 0 Å². The fraction of sp³-hybridized carbons (Fsp3) is 0.560. The van der Waals surface area contributed by atoms with E-state index in [1.807, 2.05) is 43.3 Å². The molecule has 5 heterocycles. The topological polar surface area (TPSA) is 350 Å². The van der Waals surface area contributed by atoms with Gasteiger partial charge in [-0.1, -0.05) is 78.9 Å². The molecule has 532 valence electrons. The summed E-state index contributed by atoms with van der Waals surface area (Å²) in [5, 5.41) is 11.5. The van der Waals surface area contributed by atoms with Gasteiger partial charge in [0, 0.05) is 132 Å². The molecule has 4 saturated heterocycles. The first-order valence-electron chi connectivity index (χ1n) is 35.3. The summed E-state index contributed by atoms with van der Waals surface area (Å²) in [6, 6.07) is 39.6. The predicted molar refractivity (Wildman–Crippen MR) is 388 cm³/mol. The predicted octanol–water partition coefficient (Wildman–Crippen LogP) is 4.47. The van der Waals surface area contributed by atoms with Gasteiger partial charge in [-0.15, -0.1) is 5.10 Å². The second-order valence-corrected chi connectivity index (χ2v) is 27.7. The van der Waals surface area contributed by atoms with Crippen LogP contribution >= 0.6 is 0 Å². The zero-order chi connectivity index (χ0) is 69.2. The second-order valence-electron chi connectivity index (χ2n) is 27.7. The summed E-state index contributed by atoms with van der Waals surface area (Å²) in [6.07, 6.45) is 13.0. The Labute approximate surface area is 577 Å². The molecule has 4 aliphatic heterocycles. The summed E-state index contributed by atoms with van der Waals surface area (Å²) >= 11 is 0. The maximum Gasteiger partial charge on any atom is 0.184 e. The Bertz CT molecular complexity index is 3230. The van der Waals surface area contributed by atoms with Crippen molar-refractivity contribution in [3.05, 3.63) is 166 Å². The lowest BCUT2D eigenvalue weighted by Crippen LogP contribution is -2.52. The number of hydrogen-bond donors (Lipinski definition) is 10. The van der Waals surface area contributed by atoms with Gasteiger partial charge in [0.2, 0.25) is 0 Å². The lowest BCUT2D eigenvalue weighted by atomic mass is 9.92. The van der Waals surface area contributed by atoms with E-state index < -0.39 is 0 Å². The molecule has 1 unspecified atom stereocenters. The second kappa shape index (κ2) is 39.4. The number of carbonyl (C=O) groups is 1. The standard InChI is InChI=1S/C26H31N5O2.C15H25N3O.C15H24N2O.C14H23N3O2.C5H13N3/c27-21-12-24(28)26(13-21)33-16-22-14-31(30-29-22)15-25(32)23-11-19-6-5-17-1-3-18(4-2-17)7-9-20(23)10-8-19;1-2-19-15-5-3-12(4-6-15)7-8-18-10-13(16)9-14(17)11-18;1-12-8-14(16)11-17(10-12)7-6-13-4-3-5-15(9-13)18-2;1-18-13-4-3-10(5-14(13)19-2)7-17-8-11(15)6-12(16)9-17;6-4-1-5(7)3-8-2-4/h1-4,8,10-11,14,21,24,26H,5-7,9,12-13,15-16,27-28H2;3-6,13-14H,2,7-11,16-17H2,1H3;3-5,9,12,14H,6-8,10-11,16H2,1-2H3;3-5,11-12H,6-9,15-16H2,1-2H3;4-5,8H,1-3,6-7H2/t21-,24+,26?;13-,14+;12-,14+;11-,12+;4-,5+/m0.1../s1. The molecular formula is C75H116N16O6. The van der Waals surface area contributed by atoms with Crippen LogP contribution in [0.15, 0.2) is 115 Å². The van der Waals surface area contributed by atoms with E-state index in [1.165, 1.54) is 39.9 Å². The largest absolute Gasteiger partial charge is 0.497 e. The van der Waals surface area contributed by atoms with Crippen molar-refractivity contribution >= 4 is 5.78 Å². The number of carbonyl (C=O) groups excluding carboxylic acids is 1. The molecule has 0 amide bonds. The Morgan fingerprint density at radius 2 is 1.11 bits per heavy atom. The van der Waals surface area contributed by atoms with Crippen molar-refractivity contribution in [3.8, 4) is 23.0 Å². The molecule has 0 radical (unpaired) electrons. The van der Waals surface area contributed by atoms with E-state index in [0.717, 1.165) is 183 Å². The molecule has 1 aromatic heterocycles. The van der Waals surface area contributed by atoms with E-state index in [2.05, 4.69) is 110 Å². The van der Waals surface area contributed by atoms with Gasteiger partial charge in [0.1, 0.15) is 23.7 Å². The van der Waals surface area contributed by atoms with Crippen LogP contribution in [0, 0.1) is 5.92 Å². The molecule has 5 aliphatic carbocycles. The summed E-state index contributed by atoms with van der Waals surface area (Å²) in [6.45, 7) is 16.2. The molecule has 0 spiro atoms. The highest BCUT2D eigenvalue weighted by Crippen LogP contribution is 2.29. The van der Waals surface area contributed by atoms with Gasteiger partial charge < -0.3 is 85.5 Å². The molecular weight excluding hydrogens is 1220 g/mol. The normalized spacial score (nSPS) is 25.0. The molecule has 22 nitrogen and oxygen atoms in total. The third kappa shape index (κ3) is 26.0. The molecule has 5 fully saturated rings. The van der Waals surface area contributed by atoms with Crippen molar-refractivity contribution in [2.45, 2.75) is 171 Å². The number of methoxy groups -OCH3 is 3. The molecule has 15 rings (SSSR count). The average Bonchev–Trinajstić information content (AvgIpc) is 1.56. The highest BCUT2D eigenvalue weighted by atomic mass is 16.5. The number of aryl methyl sites for hydroxylation is 4. The summed E-state index contributed by atoms with van der Waals surface area (Å²) in [4.78, 5) is 20.4. The number of nitrogens with one attached hydrogen (secondary N) is 1. The van der Waals surface area contributed by atoms with Crippen LogP contribution in [-0.4, -0.2) is 189 Å². The van der Waals surface area contributed by atoms with Gasteiger partial charge >= 0.3 is 0 Å². The van der Waals surface area contributed by atoms with Gasteiger partial charge in [-0.25, -0.2) is 4.68 Å². The number of likely N-dealkylation sites (tertiary alicyclic amines) is 3. The Morgan fingerprint density at radius 3 is 1.70 bits per heavy atom. The number of aromatic nitrogens is 3. The van der Waals surface area contributed by atoms with Crippen LogP contribution in [0.2, 0.25) is 0 Å². The number of ketones is 1. The number of piperidine rings is 4. The van der Waals surface area contributed by atoms with E-state index in [-0.39, 0.29) is 66.8 Å². The first-order valence-corrected chi connectivity index (χ1v) is 35.3. The highest BCUT2D eigenvalue weighted by Gasteiger charge is 2.31. The van der Waals surface area contributed by atoms with Crippen molar-refractivity contribution < 1.29 is 28.5 Å². The number of Topliss-reactive ketones (excluding diaryl/α,β-unsaturated/α-hetero) is 1. The maximum atomic E-state index is 13.3. The Hall–Kier alpha value is -6.45. The van der Waals surface area contributed by atoms with Crippen LogP contribution in [0.1, 0.15) is 107 Å². The number of hydrogen-bond acceptors (Lipinski definition) is 21. The third-order valence-corrected chi connectivity index (χ3v) is 18.8. The SMILES string of the molecule is CCOc1ccc(CCN2C[C@H](N)C[C@H](N)C2)cc1.COc1ccc(CN2C[C@H](N)C[C@H](N)C2)cc1OC.COc1cccc(CCN2C[C@H](C)C[C@H](N)C2)c1.N[C@@H]1CC(OCc2cn(CC(=O)c3cc4ccc3CCc3ccc(cc3)CC4)nn2)[C@H](N)C1.N[C@@H]1CNC[C@H](N)C1. The maximum absolute atomic E-state index is 13.3. The monoisotopic (exact) mass is 1340 g/mol. The van der Waals surface area contributed by atoms with Crippen LogP contribution < -0.4 is 75.9 Å². The minimum Gasteiger partial charge on any atom is -0.497 e. The Morgan fingerprint density at radius 1 is 0.536 bits per heavy atom. The number of ether oxygens (including phenoxy) is 5. The molecule has 1 saturated carbocycles.